The van der Waals surface area contributed by atoms with Crippen LogP contribution in [0.2, 0.25) is 0 Å². The third kappa shape index (κ3) is 1.70. The third-order valence-electron chi connectivity index (χ3n) is 2.95. The van der Waals surface area contributed by atoms with Gasteiger partial charge in [0.2, 0.25) is 0 Å². The lowest BCUT2D eigenvalue weighted by Crippen LogP contribution is -1.95. The van der Waals surface area contributed by atoms with Crippen molar-refractivity contribution in [1.29, 1.82) is 0 Å². The van der Waals surface area contributed by atoms with E-state index in [4.69, 9.17) is 5.11 Å². The molecule has 0 aliphatic carbocycles. The molecule has 1 aromatic heterocycles. The van der Waals surface area contributed by atoms with Gasteiger partial charge in [-0.3, -0.25) is 0 Å². The SMILES string of the molecule is Cc1c(CCO)c2cc(Br)ccc2n1C. The number of aliphatic hydroxyl groups is 1. The summed E-state index contributed by atoms with van der Waals surface area (Å²) >= 11 is 3.48. The Morgan fingerprint density at radius 3 is 2.80 bits per heavy atom. The molecular weight excluding hydrogens is 254 g/mol. The second kappa shape index (κ2) is 3.99. The number of hydrogen-bond donors (Lipinski definition) is 1. The normalized spacial score (nSPS) is 11.2. The zero-order valence-corrected chi connectivity index (χ0v) is 10.5. The van der Waals surface area contributed by atoms with Gasteiger partial charge in [0.1, 0.15) is 0 Å². The zero-order valence-electron chi connectivity index (χ0n) is 8.92. The van der Waals surface area contributed by atoms with Gasteiger partial charge in [0.05, 0.1) is 0 Å². The zero-order chi connectivity index (χ0) is 11.0. The number of aryl methyl sites for hydroxylation is 1. The molecule has 2 aromatic rings. The van der Waals surface area contributed by atoms with Crippen LogP contribution in [-0.4, -0.2) is 16.3 Å². The van der Waals surface area contributed by atoms with Gasteiger partial charge in [-0.1, -0.05) is 15.9 Å². The number of halogens is 1. The highest BCUT2D eigenvalue weighted by molar-refractivity contribution is 9.10. The summed E-state index contributed by atoms with van der Waals surface area (Å²) in [6.45, 7) is 2.30. The topological polar surface area (TPSA) is 25.2 Å². The highest BCUT2D eigenvalue weighted by atomic mass is 79.9. The summed E-state index contributed by atoms with van der Waals surface area (Å²) in [6, 6.07) is 6.27. The molecule has 0 bridgehead atoms. The number of fused-ring (bicyclic) bond motifs is 1. The summed E-state index contributed by atoms with van der Waals surface area (Å²) in [6.07, 6.45) is 0.722. The molecule has 0 unspecified atom stereocenters. The summed E-state index contributed by atoms with van der Waals surface area (Å²) < 4.78 is 3.26. The predicted octanol–water partition coefficient (Wildman–Crippen LogP) is 2.78. The molecule has 0 saturated heterocycles. The Hall–Kier alpha value is -0.800. The van der Waals surface area contributed by atoms with E-state index in [9.17, 15) is 0 Å². The fraction of sp³-hybridized carbons (Fsp3) is 0.333. The summed E-state index contributed by atoms with van der Waals surface area (Å²) in [7, 11) is 2.06. The van der Waals surface area contributed by atoms with Gasteiger partial charge >= 0.3 is 0 Å². The van der Waals surface area contributed by atoms with E-state index in [1.165, 1.54) is 22.2 Å². The summed E-state index contributed by atoms with van der Waals surface area (Å²) in [4.78, 5) is 0. The maximum Gasteiger partial charge on any atom is 0.0483 e. The van der Waals surface area contributed by atoms with Crippen LogP contribution in [0.4, 0.5) is 0 Å². The van der Waals surface area contributed by atoms with Crippen LogP contribution in [0.15, 0.2) is 22.7 Å². The minimum Gasteiger partial charge on any atom is -0.396 e. The first-order chi connectivity index (χ1) is 7.15. The quantitative estimate of drug-likeness (QED) is 0.890. The highest BCUT2D eigenvalue weighted by Gasteiger charge is 2.11. The molecule has 1 aromatic carbocycles. The average molecular weight is 268 g/mol. The van der Waals surface area contributed by atoms with Crippen LogP contribution < -0.4 is 0 Å². The van der Waals surface area contributed by atoms with Crippen molar-refractivity contribution in [2.45, 2.75) is 13.3 Å². The van der Waals surface area contributed by atoms with Gasteiger partial charge in [0, 0.05) is 34.7 Å². The van der Waals surface area contributed by atoms with Crippen molar-refractivity contribution in [1.82, 2.24) is 4.57 Å². The first kappa shape index (κ1) is 10.7. The molecule has 0 amide bonds. The van der Waals surface area contributed by atoms with Gasteiger partial charge in [0.15, 0.2) is 0 Å². The standard InChI is InChI=1S/C12H14BrNO/c1-8-10(5-6-15)11-7-9(13)3-4-12(11)14(8)2/h3-4,7,15H,5-6H2,1-2H3. The molecule has 2 rings (SSSR count). The van der Waals surface area contributed by atoms with Gasteiger partial charge < -0.3 is 9.67 Å². The number of benzene rings is 1. The maximum atomic E-state index is 9.06. The Morgan fingerprint density at radius 2 is 2.13 bits per heavy atom. The highest BCUT2D eigenvalue weighted by Crippen LogP contribution is 2.27. The smallest absolute Gasteiger partial charge is 0.0483 e. The summed E-state index contributed by atoms with van der Waals surface area (Å²) in [5, 5.41) is 10.3. The van der Waals surface area contributed by atoms with Gasteiger partial charge in [-0.05, 0) is 37.1 Å². The molecule has 1 N–H and O–H groups in total. The molecule has 0 aliphatic heterocycles. The van der Waals surface area contributed by atoms with Crippen LogP contribution in [0, 0.1) is 6.92 Å². The van der Waals surface area contributed by atoms with E-state index < -0.39 is 0 Å². The molecule has 1 heterocycles. The van der Waals surface area contributed by atoms with E-state index >= 15 is 0 Å². The minimum absolute atomic E-state index is 0.201. The number of hydrogen-bond acceptors (Lipinski definition) is 1. The van der Waals surface area contributed by atoms with Gasteiger partial charge in [0.25, 0.3) is 0 Å². The molecule has 80 valence electrons. The lowest BCUT2D eigenvalue weighted by atomic mass is 10.1. The number of aliphatic hydroxyl groups excluding tert-OH is 1. The van der Waals surface area contributed by atoms with Crippen LogP contribution in [0.3, 0.4) is 0 Å². The Labute approximate surface area is 97.7 Å². The summed E-state index contributed by atoms with van der Waals surface area (Å²) in [5.74, 6) is 0. The predicted molar refractivity (Wildman–Crippen MR) is 66.1 cm³/mol. The Bertz CT molecular complexity index is 502. The van der Waals surface area contributed by atoms with Crippen molar-refractivity contribution in [3.8, 4) is 0 Å². The molecule has 3 heteroatoms. The molecule has 0 saturated carbocycles. The van der Waals surface area contributed by atoms with Crippen LogP contribution in [0.25, 0.3) is 10.9 Å². The van der Waals surface area contributed by atoms with E-state index in [-0.39, 0.29) is 6.61 Å². The monoisotopic (exact) mass is 267 g/mol. The van der Waals surface area contributed by atoms with Crippen LogP contribution in [-0.2, 0) is 13.5 Å². The first-order valence-electron chi connectivity index (χ1n) is 4.99. The number of nitrogens with zero attached hydrogens (tertiary/aromatic N) is 1. The molecule has 0 fully saturated rings. The number of aromatic nitrogens is 1. The molecule has 0 spiro atoms. The van der Waals surface area contributed by atoms with Crippen molar-refractivity contribution in [2.75, 3.05) is 6.61 Å². The second-order valence-electron chi connectivity index (χ2n) is 3.76. The summed E-state index contributed by atoms with van der Waals surface area (Å²) in [5.41, 5.74) is 3.70. The minimum atomic E-state index is 0.201. The Balaban J connectivity index is 2.76. The van der Waals surface area contributed by atoms with Gasteiger partial charge in [-0.2, -0.15) is 0 Å². The third-order valence-corrected chi connectivity index (χ3v) is 3.44. The average Bonchev–Trinajstić information content (AvgIpc) is 2.44. The molecule has 0 radical (unpaired) electrons. The van der Waals surface area contributed by atoms with Crippen molar-refractivity contribution in [3.63, 3.8) is 0 Å². The van der Waals surface area contributed by atoms with Gasteiger partial charge in [-0.25, -0.2) is 0 Å². The van der Waals surface area contributed by atoms with E-state index in [0.717, 1.165) is 10.9 Å². The fourth-order valence-electron chi connectivity index (χ4n) is 2.05. The van der Waals surface area contributed by atoms with E-state index in [2.05, 4.69) is 46.6 Å². The second-order valence-corrected chi connectivity index (χ2v) is 4.67. The van der Waals surface area contributed by atoms with Crippen molar-refractivity contribution in [3.05, 3.63) is 33.9 Å². The largest absolute Gasteiger partial charge is 0.396 e. The van der Waals surface area contributed by atoms with Crippen molar-refractivity contribution >= 4 is 26.8 Å². The van der Waals surface area contributed by atoms with Gasteiger partial charge in [-0.15, -0.1) is 0 Å². The first-order valence-corrected chi connectivity index (χ1v) is 5.78. The van der Waals surface area contributed by atoms with E-state index in [1.54, 1.807) is 0 Å². The maximum absolute atomic E-state index is 9.06. The lowest BCUT2D eigenvalue weighted by molar-refractivity contribution is 0.299. The van der Waals surface area contributed by atoms with Crippen LogP contribution in [0.1, 0.15) is 11.3 Å². The number of rotatable bonds is 2. The molecule has 0 atom stereocenters. The van der Waals surface area contributed by atoms with Crippen LogP contribution >= 0.6 is 15.9 Å². The molecule has 2 nitrogen and oxygen atoms in total. The Morgan fingerprint density at radius 1 is 1.40 bits per heavy atom. The van der Waals surface area contributed by atoms with Crippen LogP contribution in [0.5, 0.6) is 0 Å². The Kier molecular flexibility index (Phi) is 2.85. The van der Waals surface area contributed by atoms with E-state index in [0.29, 0.717) is 0 Å². The molecule has 15 heavy (non-hydrogen) atoms. The van der Waals surface area contributed by atoms with Crippen molar-refractivity contribution in [2.24, 2.45) is 7.05 Å². The lowest BCUT2D eigenvalue weighted by Gasteiger charge is -1.99. The molecule has 0 aliphatic rings. The van der Waals surface area contributed by atoms with Crippen molar-refractivity contribution < 1.29 is 5.11 Å². The fourth-order valence-corrected chi connectivity index (χ4v) is 2.41. The molecular formula is C12H14BrNO. The van der Waals surface area contributed by atoms with E-state index in [1.807, 2.05) is 6.07 Å².